The van der Waals surface area contributed by atoms with Crippen molar-refractivity contribution >= 4 is 11.7 Å². The van der Waals surface area contributed by atoms with Crippen molar-refractivity contribution in [2.75, 3.05) is 39.8 Å². The highest BCUT2D eigenvalue weighted by Gasteiger charge is 2.27. The van der Waals surface area contributed by atoms with Gasteiger partial charge in [0.25, 0.3) is 0 Å². The molecule has 6 nitrogen and oxygen atoms in total. The molecule has 110 valence electrons. The van der Waals surface area contributed by atoms with Crippen LogP contribution in [0.2, 0.25) is 0 Å². The topological polar surface area (TPSA) is 80.0 Å². The Morgan fingerprint density at radius 1 is 1.30 bits per heavy atom. The Morgan fingerprint density at radius 3 is 2.65 bits per heavy atom. The van der Waals surface area contributed by atoms with Gasteiger partial charge in [0.1, 0.15) is 18.8 Å². The summed E-state index contributed by atoms with van der Waals surface area (Å²) >= 11 is 0. The largest absolute Gasteiger partial charge is 0.486 e. The molecule has 0 aromatic heterocycles. The highest BCUT2D eigenvalue weighted by atomic mass is 16.6. The fourth-order valence-corrected chi connectivity index (χ4v) is 2.20. The van der Waals surface area contributed by atoms with E-state index in [0.29, 0.717) is 37.0 Å². The van der Waals surface area contributed by atoms with E-state index < -0.39 is 5.97 Å². The Hall–Kier alpha value is -1.95. The molecule has 1 heterocycles. The second-order valence-electron chi connectivity index (χ2n) is 4.44. The van der Waals surface area contributed by atoms with Crippen LogP contribution in [0.4, 0.5) is 5.69 Å². The van der Waals surface area contributed by atoms with Crippen LogP contribution in [0, 0.1) is 0 Å². The van der Waals surface area contributed by atoms with Crippen molar-refractivity contribution in [2.45, 2.75) is 12.8 Å². The van der Waals surface area contributed by atoms with Gasteiger partial charge in [0.15, 0.2) is 11.5 Å². The Bertz CT molecular complexity index is 501. The highest BCUT2D eigenvalue weighted by Crippen LogP contribution is 2.41. The smallest absolute Gasteiger partial charge is 0.343 e. The van der Waals surface area contributed by atoms with Gasteiger partial charge in [-0.25, -0.2) is 4.79 Å². The van der Waals surface area contributed by atoms with E-state index in [4.69, 9.17) is 24.7 Å². The predicted octanol–water partition coefficient (Wildman–Crippen LogP) is 1.41. The van der Waals surface area contributed by atoms with Gasteiger partial charge >= 0.3 is 5.97 Å². The minimum Gasteiger partial charge on any atom is -0.486 e. The quantitative estimate of drug-likeness (QED) is 0.499. The molecule has 0 spiro atoms. The zero-order valence-electron chi connectivity index (χ0n) is 11.7. The Balaban J connectivity index is 2.40. The number of esters is 1. The fraction of sp³-hybridized carbons (Fsp3) is 0.500. The van der Waals surface area contributed by atoms with Crippen molar-refractivity contribution in [1.82, 2.24) is 0 Å². The molecule has 1 aliphatic rings. The molecule has 0 unspecified atom stereocenters. The third kappa shape index (κ3) is 2.80. The summed E-state index contributed by atoms with van der Waals surface area (Å²) in [5, 5.41) is 0. The van der Waals surface area contributed by atoms with Crippen LogP contribution >= 0.6 is 0 Å². The normalized spacial score (nSPS) is 13.1. The van der Waals surface area contributed by atoms with Gasteiger partial charge in [-0.15, -0.1) is 0 Å². The third-order valence-electron chi connectivity index (χ3n) is 3.10. The molecule has 0 saturated carbocycles. The number of fused-ring (bicyclic) bond motifs is 1. The summed E-state index contributed by atoms with van der Waals surface area (Å²) in [6.45, 7) is 1.49. The number of methoxy groups -OCH3 is 2. The number of ether oxygens (including phenoxy) is 4. The Kier molecular flexibility index (Phi) is 4.68. The first-order valence-corrected chi connectivity index (χ1v) is 6.47. The standard InChI is InChI=1S/C14H19NO5/c1-17-5-3-4-9-8-10(15)11(14(16)18-2)13-12(9)19-6-7-20-13/h8H,3-7,15H2,1-2H3. The maximum Gasteiger partial charge on any atom is 0.343 e. The molecule has 2 N–H and O–H groups in total. The van der Waals surface area contributed by atoms with Crippen molar-refractivity contribution in [3.63, 3.8) is 0 Å². The van der Waals surface area contributed by atoms with E-state index in [1.54, 1.807) is 13.2 Å². The van der Waals surface area contributed by atoms with Gasteiger partial charge in [-0.3, -0.25) is 0 Å². The molecule has 0 bridgehead atoms. The van der Waals surface area contributed by atoms with Crippen LogP contribution in [0.3, 0.4) is 0 Å². The van der Waals surface area contributed by atoms with Gasteiger partial charge in [-0.2, -0.15) is 0 Å². The van der Waals surface area contributed by atoms with Gasteiger partial charge in [0.2, 0.25) is 0 Å². The van der Waals surface area contributed by atoms with E-state index in [1.165, 1.54) is 7.11 Å². The molecule has 0 radical (unpaired) electrons. The van der Waals surface area contributed by atoms with Crippen molar-refractivity contribution in [2.24, 2.45) is 0 Å². The summed E-state index contributed by atoms with van der Waals surface area (Å²) in [4.78, 5) is 11.8. The molecular weight excluding hydrogens is 262 g/mol. The predicted molar refractivity (Wildman–Crippen MR) is 73.4 cm³/mol. The Labute approximate surface area is 117 Å². The van der Waals surface area contributed by atoms with Gasteiger partial charge in [-0.05, 0) is 18.9 Å². The maximum absolute atomic E-state index is 11.8. The summed E-state index contributed by atoms with van der Waals surface area (Å²) in [6, 6.07) is 1.75. The molecule has 1 aliphatic heterocycles. The molecule has 0 fully saturated rings. The Morgan fingerprint density at radius 2 is 2.00 bits per heavy atom. The molecule has 1 aromatic carbocycles. The van der Waals surface area contributed by atoms with Gasteiger partial charge < -0.3 is 24.7 Å². The van der Waals surface area contributed by atoms with E-state index in [1.807, 2.05) is 0 Å². The van der Waals surface area contributed by atoms with Crippen LogP contribution in [0.5, 0.6) is 11.5 Å². The number of nitrogen functional groups attached to an aromatic ring is 1. The molecule has 0 saturated heterocycles. The van der Waals surface area contributed by atoms with Crippen LogP contribution in [-0.4, -0.2) is 40.0 Å². The minimum atomic E-state index is -0.521. The summed E-state index contributed by atoms with van der Waals surface area (Å²) < 4.78 is 21.0. The molecule has 20 heavy (non-hydrogen) atoms. The number of nitrogens with two attached hydrogens (primary N) is 1. The molecule has 2 rings (SSSR count). The van der Waals surface area contributed by atoms with Gasteiger partial charge in [0.05, 0.1) is 12.8 Å². The number of carbonyl (C=O) groups is 1. The molecule has 6 heteroatoms. The number of rotatable bonds is 5. The van der Waals surface area contributed by atoms with Crippen LogP contribution in [0.15, 0.2) is 6.07 Å². The van der Waals surface area contributed by atoms with Gasteiger partial charge in [-0.1, -0.05) is 0 Å². The second-order valence-corrected chi connectivity index (χ2v) is 4.44. The first-order valence-electron chi connectivity index (χ1n) is 6.47. The number of aryl methyl sites for hydroxylation is 1. The highest BCUT2D eigenvalue weighted by molar-refractivity contribution is 5.99. The lowest BCUT2D eigenvalue weighted by atomic mass is 10.0. The van der Waals surface area contributed by atoms with Crippen molar-refractivity contribution in [3.8, 4) is 11.5 Å². The van der Waals surface area contributed by atoms with Crippen molar-refractivity contribution in [1.29, 1.82) is 0 Å². The third-order valence-corrected chi connectivity index (χ3v) is 3.10. The van der Waals surface area contributed by atoms with E-state index in [9.17, 15) is 4.79 Å². The summed E-state index contributed by atoms with van der Waals surface area (Å²) in [5.41, 5.74) is 7.45. The first-order chi connectivity index (χ1) is 9.69. The van der Waals surface area contributed by atoms with E-state index >= 15 is 0 Å². The summed E-state index contributed by atoms with van der Waals surface area (Å²) in [5.74, 6) is 0.449. The van der Waals surface area contributed by atoms with E-state index in [0.717, 1.165) is 18.4 Å². The molecular formula is C14H19NO5. The first kappa shape index (κ1) is 14.5. The SMILES string of the molecule is COCCCc1cc(N)c(C(=O)OC)c2c1OCCO2. The molecule has 0 atom stereocenters. The van der Waals surface area contributed by atoms with Gasteiger partial charge in [0, 0.05) is 19.3 Å². The maximum atomic E-state index is 11.8. The lowest BCUT2D eigenvalue weighted by Gasteiger charge is -2.24. The van der Waals surface area contributed by atoms with Crippen LogP contribution in [0.1, 0.15) is 22.3 Å². The van der Waals surface area contributed by atoms with Crippen molar-refractivity contribution < 1.29 is 23.7 Å². The van der Waals surface area contributed by atoms with Crippen LogP contribution in [0.25, 0.3) is 0 Å². The number of anilines is 1. The minimum absolute atomic E-state index is 0.234. The number of hydrogen-bond donors (Lipinski definition) is 1. The molecule has 0 amide bonds. The zero-order chi connectivity index (χ0) is 14.5. The van der Waals surface area contributed by atoms with Crippen LogP contribution in [-0.2, 0) is 15.9 Å². The average Bonchev–Trinajstić information content (AvgIpc) is 2.47. The number of carbonyl (C=O) groups excluding carboxylic acids is 1. The summed E-state index contributed by atoms with van der Waals surface area (Å²) in [7, 11) is 2.97. The fourth-order valence-electron chi connectivity index (χ4n) is 2.20. The lowest BCUT2D eigenvalue weighted by molar-refractivity contribution is 0.0591. The second kappa shape index (κ2) is 6.47. The molecule has 0 aliphatic carbocycles. The lowest BCUT2D eigenvalue weighted by Crippen LogP contribution is -2.20. The zero-order valence-corrected chi connectivity index (χ0v) is 11.7. The number of hydrogen-bond acceptors (Lipinski definition) is 6. The van der Waals surface area contributed by atoms with E-state index in [2.05, 4.69) is 0 Å². The summed E-state index contributed by atoms with van der Waals surface area (Å²) in [6.07, 6.45) is 1.58. The van der Waals surface area contributed by atoms with Crippen LogP contribution < -0.4 is 15.2 Å². The molecule has 1 aromatic rings. The number of benzene rings is 1. The van der Waals surface area contributed by atoms with E-state index in [-0.39, 0.29) is 5.56 Å². The average molecular weight is 281 g/mol. The van der Waals surface area contributed by atoms with Crippen molar-refractivity contribution in [3.05, 3.63) is 17.2 Å². The monoisotopic (exact) mass is 281 g/mol.